The van der Waals surface area contributed by atoms with E-state index in [-0.39, 0.29) is 13.1 Å². The minimum atomic E-state index is -1.23. The average molecular weight is 394 g/mol. The number of hydrogen-bond acceptors (Lipinski definition) is 5. The zero-order valence-electron chi connectivity index (χ0n) is 14.6. The highest BCUT2D eigenvalue weighted by molar-refractivity contribution is 6.32. The number of methoxy groups -OCH3 is 1. The number of carbonyl (C=O) groups excluding carboxylic acids is 1. The van der Waals surface area contributed by atoms with Gasteiger partial charge in [-0.15, -0.1) is 0 Å². The Morgan fingerprint density at radius 2 is 1.81 bits per heavy atom. The van der Waals surface area contributed by atoms with Crippen molar-refractivity contribution in [2.24, 2.45) is 5.73 Å². The first-order chi connectivity index (χ1) is 12.9. The lowest BCUT2D eigenvalue weighted by Gasteiger charge is -2.12. The maximum absolute atomic E-state index is 11.8. The second-order valence-electron chi connectivity index (χ2n) is 5.55. The first-order valence-electron chi connectivity index (χ1n) is 7.99. The molecule has 2 rings (SSSR count). The summed E-state index contributed by atoms with van der Waals surface area (Å²) < 4.78 is 10.8. The van der Waals surface area contributed by atoms with Gasteiger partial charge < -0.3 is 30.9 Å². The molecule has 0 saturated heterocycles. The highest BCUT2D eigenvalue weighted by atomic mass is 35.5. The fourth-order valence-corrected chi connectivity index (χ4v) is 2.31. The predicted octanol–water partition coefficient (Wildman–Crippen LogP) is 2.35. The van der Waals surface area contributed by atoms with Gasteiger partial charge >= 0.3 is 6.09 Å². The Labute approximate surface area is 161 Å². The van der Waals surface area contributed by atoms with E-state index in [1.807, 2.05) is 0 Å². The summed E-state index contributed by atoms with van der Waals surface area (Å²) in [5.74, 6) is 1.26. The zero-order chi connectivity index (χ0) is 19.8. The van der Waals surface area contributed by atoms with Crippen molar-refractivity contribution in [1.82, 2.24) is 10.6 Å². The van der Waals surface area contributed by atoms with Crippen molar-refractivity contribution in [2.75, 3.05) is 13.7 Å². The topological polar surface area (TPSA) is 123 Å². The third kappa shape index (κ3) is 6.36. The van der Waals surface area contributed by atoms with Gasteiger partial charge in [-0.05, 0) is 29.8 Å². The summed E-state index contributed by atoms with van der Waals surface area (Å²) in [5.41, 5.74) is 6.42. The third-order valence-electron chi connectivity index (χ3n) is 3.57. The molecular weight excluding hydrogens is 374 g/mol. The minimum Gasteiger partial charge on any atom is -0.497 e. The summed E-state index contributed by atoms with van der Waals surface area (Å²) in [4.78, 5) is 22.2. The lowest BCUT2D eigenvalue weighted by atomic mass is 10.2. The Kier molecular flexibility index (Phi) is 7.27. The fraction of sp³-hybridized carbons (Fsp3) is 0.222. The highest BCUT2D eigenvalue weighted by Gasteiger charge is 2.13. The van der Waals surface area contributed by atoms with Gasteiger partial charge in [-0.1, -0.05) is 23.7 Å². The number of halogens is 1. The Hall–Kier alpha value is -2.97. The van der Waals surface area contributed by atoms with E-state index < -0.39 is 18.0 Å². The molecule has 0 bridgehead atoms. The van der Waals surface area contributed by atoms with E-state index in [0.29, 0.717) is 22.3 Å². The van der Waals surface area contributed by atoms with Crippen LogP contribution in [0.1, 0.15) is 5.56 Å². The lowest BCUT2D eigenvalue weighted by Crippen LogP contribution is -2.47. The highest BCUT2D eigenvalue weighted by Crippen LogP contribution is 2.32. The van der Waals surface area contributed by atoms with Crippen molar-refractivity contribution < 1.29 is 24.2 Å². The Bertz CT molecular complexity index is 798. The SMILES string of the molecule is COc1ccc(Oc2ccc(CNC(=O)C(N)CNC(=O)O)cc2)c(Cl)c1. The monoisotopic (exact) mass is 393 g/mol. The molecule has 0 aliphatic carbocycles. The summed E-state index contributed by atoms with van der Waals surface area (Å²) in [6, 6.07) is 11.2. The van der Waals surface area contributed by atoms with Gasteiger partial charge in [0, 0.05) is 19.2 Å². The molecule has 0 aliphatic rings. The molecule has 0 fully saturated rings. The van der Waals surface area contributed by atoms with Gasteiger partial charge in [0.05, 0.1) is 12.1 Å². The molecule has 0 aromatic heterocycles. The molecule has 2 aromatic carbocycles. The van der Waals surface area contributed by atoms with Gasteiger partial charge in [0.2, 0.25) is 5.91 Å². The van der Waals surface area contributed by atoms with E-state index in [9.17, 15) is 9.59 Å². The second kappa shape index (κ2) is 9.65. The van der Waals surface area contributed by atoms with Gasteiger partial charge in [-0.25, -0.2) is 4.79 Å². The molecule has 27 heavy (non-hydrogen) atoms. The number of rotatable bonds is 8. The maximum atomic E-state index is 11.8. The molecule has 2 amide bonds. The minimum absolute atomic E-state index is 0.156. The van der Waals surface area contributed by atoms with Crippen molar-refractivity contribution in [2.45, 2.75) is 12.6 Å². The average Bonchev–Trinajstić information content (AvgIpc) is 2.66. The van der Waals surface area contributed by atoms with Gasteiger partial charge in [0.15, 0.2) is 0 Å². The van der Waals surface area contributed by atoms with Gasteiger partial charge in [0.1, 0.15) is 23.3 Å². The van der Waals surface area contributed by atoms with Crippen LogP contribution in [-0.4, -0.2) is 36.8 Å². The van der Waals surface area contributed by atoms with Crippen molar-refractivity contribution in [3.05, 3.63) is 53.1 Å². The first kappa shape index (κ1) is 20.3. The maximum Gasteiger partial charge on any atom is 0.404 e. The summed E-state index contributed by atoms with van der Waals surface area (Å²) in [7, 11) is 1.55. The molecule has 8 nitrogen and oxygen atoms in total. The van der Waals surface area contributed by atoms with Crippen LogP contribution in [0.5, 0.6) is 17.2 Å². The van der Waals surface area contributed by atoms with E-state index in [4.69, 9.17) is 31.9 Å². The van der Waals surface area contributed by atoms with Crippen LogP contribution in [0.4, 0.5) is 4.79 Å². The Morgan fingerprint density at radius 1 is 1.15 bits per heavy atom. The van der Waals surface area contributed by atoms with Gasteiger partial charge in [-0.2, -0.15) is 0 Å². The molecule has 0 spiro atoms. The molecule has 1 atom stereocenters. The third-order valence-corrected chi connectivity index (χ3v) is 3.86. The van der Waals surface area contributed by atoms with Crippen LogP contribution in [-0.2, 0) is 11.3 Å². The smallest absolute Gasteiger partial charge is 0.404 e. The quantitative estimate of drug-likeness (QED) is 0.546. The molecule has 2 aromatic rings. The molecule has 9 heteroatoms. The first-order valence-corrected chi connectivity index (χ1v) is 8.37. The van der Waals surface area contributed by atoms with Crippen molar-refractivity contribution in [3.8, 4) is 17.2 Å². The molecule has 144 valence electrons. The number of nitrogens with one attached hydrogen (secondary N) is 2. The van der Waals surface area contributed by atoms with E-state index in [0.717, 1.165) is 5.56 Å². The lowest BCUT2D eigenvalue weighted by molar-refractivity contribution is -0.122. The molecule has 0 radical (unpaired) electrons. The number of carboxylic acid groups (broad SMARTS) is 1. The molecule has 0 heterocycles. The number of benzene rings is 2. The van der Waals surface area contributed by atoms with E-state index in [1.54, 1.807) is 49.6 Å². The van der Waals surface area contributed by atoms with Crippen LogP contribution in [0.15, 0.2) is 42.5 Å². The van der Waals surface area contributed by atoms with Crippen LogP contribution < -0.4 is 25.8 Å². The van der Waals surface area contributed by atoms with Crippen LogP contribution in [0, 0.1) is 0 Å². The summed E-state index contributed by atoms with van der Waals surface area (Å²) in [6.45, 7) is 0.0970. The Morgan fingerprint density at radius 3 is 2.41 bits per heavy atom. The summed E-state index contributed by atoms with van der Waals surface area (Å²) >= 11 is 6.14. The summed E-state index contributed by atoms with van der Waals surface area (Å²) in [5, 5.41) is 13.6. The standard InChI is InChI=1S/C18H20ClN3O5/c1-26-13-6-7-16(14(19)8-13)27-12-4-2-11(3-5-12)9-21-17(23)15(20)10-22-18(24)25/h2-8,15,22H,9-10,20H2,1H3,(H,21,23)(H,24,25). The number of hydrogen-bond donors (Lipinski definition) is 4. The zero-order valence-corrected chi connectivity index (χ0v) is 15.3. The van der Waals surface area contributed by atoms with Crippen molar-refractivity contribution in [3.63, 3.8) is 0 Å². The predicted molar refractivity (Wildman–Crippen MR) is 100 cm³/mol. The van der Waals surface area contributed by atoms with Crippen LogP contribution in [0.3, 0.4) is 0 Å². The van der Waals surface area contributed by atoms with E-state index in [2.05, 4.69) is 10.6 Å². The number of ether oxygens (including phenoxy) is 2. The van der Waals surface area contributed by atoms with Crippen LogP contribution in [0.2, 0.25) is 5.02 Å². The van der Waals surface area contributed by atoms with Gasteiger partial charge in [-0.3, -0.25) is 4.79 Å². The summed E-state index contributed by atoms with van der Waals surface area (Å²) in [6.07, 6.45) is -1.23. The molecule has 5 N–H and O–H groups in total. The van der Waals surface area contributed by atoms with E-state index >= 15 is 0 Å². The number of nitrogens with two attached hydrogens (primary N) is 1. The number of amides is 2. The van der Waals surface area contributed by atoms with Crippen molar-refractivity contribution in [1.29, 1.82) is 0 Å². The molecule has 0 saturated carbocycles. The fourth-order valence-electron chi connectivity index (χ4n) is 2.10. The molecular formula is C18H20ClN3O5. The van der Waals surface area contributed by atoms with Crippen molar-refractivity contribution >= 4 is 23.6 Å². The van der Waals surface area contributed by atoms with E-state index in [1.165, 1.54) is 0 Å². The normalized spacial score (nSPS) is 11.4. The Balaban J connectivity index is 1.88. The molecule has 1 unspecified atom stereocenters. The molecule has 0 aliphatic heterocycles. The van der Waals surface area contributed by atoms with Gasteiger partial charge in [0.25, 0.3) is 0 Å². The largest absolute Gasteiger partial charge is 0.497 e. The van der Waals surface area contributed by atoms with Crippen LogP contribution >= 0.6 is 11.6 Å². The second-order valence-corrected chi connectivity index (χ2v) is 5.96. The van der Waals surface area contributed by atoms with Crippen LogP contribution in [0.25, 0.3) is 0 Å². The number of carbonyl (C=O) groups is 2.